The van der Waals surface area contributed by atoms with Crippen LogP contribution in [0, 0.1) is 0 Å². The van der Waals surface area contributed by atoms with Gasteiger partial charge in [-0.15, -0.1) is 0 Å². The fourth-order valence-corrected chi connectivity index (χ4v) is 1.19. The first kappa shape index (κ1) is 8.98. The summed E-state index contributed by atoms with van der Waals surface area (Å²) in [6.45, 7) is 0. The molecule has 0 bridgehead atoms. The van der Waals surface area contributed by atoms with Crippen LogP contribution in [-0.4, -0.2) is 52.0 Å². The molecule has 0 saturated carbocycles. The summed E-state index contributed by atoms with van der Waals surface area (Å²) < 4.78 is 0. The van der Waals surface area contributed by atoms with Crippen molar-refractivity contribution in [2.24, 2.45) is 0 Å². The highest BCUT2D eigenvalue weighted by molar-refractivity contribution is 6.08. The highest BCUT2D eigenvalue weighted by Crippen LogP contribution is 1.99. The molecule has 0 N–H and O–H groups in total. The molecule has 9 heavy (non-hydrogen) atoms. The number of hydrogen-bond donors (Lipinski definition) is 0. The third-order valence-electron chi connectivity index (χ3n) is 1.56. The molecule has 0 aliphatic carbocycles. The molecule has 0 spiro atoms. The summed E-state index contributed by atoms with van der Waals surface area (Å²) in [7, 11) is 10.6. The van der Waals surface area contributed by atoms with E-state index in [9.17, 15) is 0 Å². The van der Waals surface area contributed by atoms with Crippen LogP contribution in [0.25, 0.3) is 0 Å². The monoisotopic (exact) mass is 128 g/mol. The molecule has 0 saturated heterocycles. The zero-order chi connectivity index (χ0) is 7.44. The number of hydrogen-bond acceptors (Lipinski definition) is 2. The van der Waals surface area contributed by atoms with Crippen molar-refractivity contribution >= 4 is 7.85 Å². The van der Waals surface area contributed by atoms with E-state index in [1.54, 1.807) is 0 Å². The van der Waals surface area contributed by atoms with Gasteiger partial charge in [-0.05, 0) is 28.2 Å². The Hall–Kier alpha value is -0.0151. The number of rotatable bonds is 3. The van der Waals surface area contributed by atoms with Crippen LogP contribution in [0.2, 0.25) is 6.32 Å². The molecule has 0 aromatic carbocycles. The minimum atomic E-state index is 0.588. The maximum absolute atomic E-state index is 2.22. The van der Waals surface area contributed by atoms with Gasteiger partial charge >= 0.3 is 0 Å². The smallest absolute Gasteiger partial charge is 0.105 e. The largest absolute Gasteiger partial charge is 0.295 e. The van der Waals surface area contributed by atoms with Crippen molar-refractivity contribution in [1.29, 1.82) is 0 Å². The van der Waals surface area contributed by atoms with Crippen molar-refractivity contribution in [3.8, 4) is 0 Å². The molecule has 2 nitrogen and oxygen atoms in total. The van der Waals surface area contributed by atoms with Gasteiger partial charge in [0.25, 0.3) is 0 Å². The predicted molar refractivity (Wildman–Crippen MR) is 44.5 cm³/mol. The van der Waals surface area contributed by atoms with Gasteiger partial charge in [-0.25, -0.2) is 0 Å². The zero-order valence-corrected chi connectivity index (χ0v) is 7.18. The van der Waals surface area contributed by atoms with Crippen molar-refractivity contribution in [3.05, 3.63) is 0 Å². The molecular weight excluding hydrogens is 111 g/mol. The van der Waals surface area contributed by atoms with Crippen molar-refractivity contribution in [2.45, 2.75) is 12.5 Å². The van der Waals surface area contributed by atoms with Gasteiger partial charge in [-0.2, -0.15) is 0 Å². The fraction of sp³-hybridized carbons (Fsp3) is 1.00. The third kappa shape index (κ3) is 2.87. The molecule has 0 aliphatic heterocycles. The minimum absolute atomic E-state index is 0.588. The molecule has 54 valence electrons. The lowest BCUT2D eigenvalue weighted by Gasteiger charge is -2.29. The van der Waals surface area contributed by atoms with Crippen LogP contribution in [-0.2, 0) is 0 Å². The molecule has 0 unspecified atom stereocenters. The van der Waals surface area contributed by atoms with Gasteiger partial charge in [0, 0.05) is 0 Å². The van der Waals surface area contributed by atoms with E-state index in [4.69, 9.17) is 0 Å². The van der Waals surface area contributed by atoms with Gasteiger partial charge in [-0.3, -0.25) is 9.80 Å². The van der Waals surface area contributed by atoms with Crippen LogP contribution in [0.5, 0.6) is 0 Å². The van der Waals surface area contributed by atoms with Crippen LogP contribution in [0.1, 0.15) is 0 Å². The minimum Gasteiger partial charge on any atom is -0.295 e. The Bertz CT molecular complexity index is 65.5. The predicted octanol–water partition coefficient (Wildman–Crippen LogP) is -0.513. The maximum atomic E-state index is 2.22. The molecule has 0 rings (SSSR count). The quantitative estimate of drug-likeness (QED) is 0.373. The van der Waals surface area contributed by atoms with Crippen molar-refractivity contribution in [2.75, 3.05) is 28.2 Å². The zero-order valence-electron chi connectivity index (χ0n) is 7.18. The van der Waals surface area contributed by atoms with E-state index in [0.717, 1.165) is 0 Å². The first-order valence-corrected chi connectivity index (χ1v) is 3.42. The topological polar surface area (TPSA) is 6.48 Å². The summed E-state index contributed by atoms with van der Waals surface area (Å²) >= 11 is 0. The molecule has 0 aliphatic rings. The Labute approximate surface area is 59.2 Å². The second-order valence-electron chi connectivity index (χ2n) is 2.82. The maximum Gasteiger partial charge on any atom is 0.105 e. The second kappa shape index (κ2) is 3.91. The lowest BCUT2D eigenvalue weighted by molar-refractivity contribution is 0.148. The second-order valence-corrected chi connectivity index (χ2v) is 2.82. The Balaban J connectivity index is 3.68. The van der Waals surface area contributed by atoms with Gasteiger partial charge in [0.15, 0.2) is 0 Å². The average molecular weight is 128 g/mol. The molecule has 0 aromatic rings. The first-order valence-electron chi connectivity index (χ1n) is 3.42. The summed E-state index contributed by atoms with van der Waals surface area (Å²) in [4.78, 5) is 4.44. The average Bonchev–Trinajstić information content (AvgIpc) is 1.64. The van der Waals surface area contributed by atoms with E-state index < -0.39 is 0 Å². The summed E-state index contributed by atoms with van der Waals surface area (Å²) in [6.07, 6.45) is 1.77. The van der Waals surface area contributed by atoms with Gasteiger partial charge in [0.05, 0.1) is 6.17 Å². The molecule has 0 amide bonds. The van der Waals surface area contributed by atoms with E-state index >= 15 is 0 Å². The lowest BCUT2D eigenvalue weighted by Crippen LogP contribution is -2.39. The molecule has 0 aromatic heterocycles. The van der Waals surface area contributed by atoms with E-state index in [2.05, 4.69) is 45.8 Å². The molecule has 0 atom stereocenters. The Kier molecular flexibility index (Phi) is 3.90. The van der Waals surface area contributed by atoms with Crippen LogP contribution in [0.4, 0.5) is 0 Å². The van der Waals surface area contributed by atoms with Crippen LogP contribution in [0.15, 0.2) is 0 Å². The van der Waals surface area contributed by atoms with Gasteiger partial charge in [0.1, 0.15) is 7.85 Å². The van der Waals surface area contributed by atoms with Crippen molar-refractivity contribution in [3.63, 3.8) is 0 Å². The van der Waals surface area contributed by atoms with Crippen molar-refractivity contribution < 1.29 is 0 Å². The van der Waals surface area contributed by atoms with Gasteiger partial charge in [-0.1, -0.05) is 6.32 Å². The molecule has 0 radical (unpaired) electrons. The van der Waals surface area contributed by atoms with E-state index in [1.165, 1.54) is 6.32 Å². The summed E-state index contributed by atoms with van der Waals surface area (Å²) in [5.74, 6) is 0. The van der Waals surface area contributed by atoms with E-state index in [-0.39, 0.29) is 0 Å². The number of nitrogens with zero attached hydrogens (tertiary/aromatic N) is 2. The normalized spacial score (nSPS) is 11.9. The first-order chi connectivity index (χ1) is 4.09. The van der Waals surface area contributed by atoms with Crippen molar-refractivity contribution in [1.82, 2.24) is 9.80 Å². The summed E-state index contributed by atoms with van der Waals surface area (Å²) in [5, 5.41) is 0. The van der Waals surface area contributed by atoms with Crippen LogP contribution in [0.3, 0.4) is 0 Å². The standard InChI is InChI=1S/C6H17BN2/c1-8(2)6(5-7)9(3)4/h6H,5,7H2,1-4H3. The summed E-state index contributed by atoms with van der Waals surface area (Å²) in [6, 6.07) is 0. The van der Waals surface area contributed by atoms with Gasteiger partial charge < -0.3 is 0 Å². The van der Waals surface area contributed by atoms with Crippen LogP contribution < -0.4 is 0 Å². The SMILES string of the molecule is BCC(N(C)C)N(C)C. The Morgan fingerprint density at radius 2 is 1.44 bits per heavy atom. The summed E-state index contributed by atoms with van der Waals surface area (Å²) in [5.41, 5.74) is 0. The Morgan fingerprint density at radius 1 is 1.11 bits per heavy atom. The van der Waals surface area contributed by atoms with E-state index in [1.807, 2.05) is 0 Å². The highest BCUT2D eigenvalue weighted by Gasteiger charge is 2.08. The lowest BCUT2D eigenvalue weighted by atomic mass is 10.0. The third-order valence-corrected chi connectivity index (χ3v) is 1.56. The van der Waals surface area contributed by atoms with Crippen LogP contribution >= 0.6 is 0 Å². The molecule has 0 heterocycles. The molecular formula is C6H17BN2. The highest BCUT2D eigenvalue weighted by atomic mass is 15.3. The molecule has 0 fully saturated rings. The fourth-order valence-electron chi connectivity index (χ4n) is 1.19. The Morgan fingerprint density at radius 3 is 1.44 bits per heavy atom. The van der Waals surface area contributed by atoms with E-state index in [0.29, 0.717) is 6.17 Å². The molecule has 3 heteroatoms. The van der Waals surface area contributed by atoms with Gasteiger partial charge in [0.2, 0.25) is 0 Å².